The lowest BCUT2D eigenvalue weighted by Crippen LogP contribution is -2.06. The molecule has 0 aliphatic carbocycles. The van der Waals surface area contributed by atoms with Crippen LogP contribution in [0.2, 0.25) is 0 Å². The zero-order valence-electron chi connectivity index (χ0n) is 7.42. The van der Waals surface area contributed by atoms with Crippen molar-refractivity contribution in [1.82, 2.24) is 0 Å². The molecule has 0 heterocycles. The third-order valence-electron chi connectivity index (χ3n) is 1.59. The van der Waals surface area contributed by atoms with Gasteiger partial charge in [-0.15, -0.1) is 0 Å². The summed E-state index contributed by atoms with van der Waals surface area (Å²) < 4.78 is 28.0. The van der Waals surface area contributed by atoms with Gasteiger partial charge in [0.1, 0.15) is 6.07 Å². The number of aryl methyl sites for hydroxylation is 1. The molecule has 1 aromatic rings. The molecule has 74 valence electrons. The number of nitrogens with zero attached hydrogens (tertiary/aromatic N) is 1. The molecule has 0 bridgehead atoms. The van der Waals surface area contributed by atoms with E-state index in [0.717, 1.165) is 5.56 Å². The molecule has 3 nitrogen and oxygen atoms in total. The van der Waals surface area contributed by atoms with E-state index in [9.17, 15) is 8.78 Å². The highest BCUT2D eigenvalue weighted by atomic mass is 19.3. The molecule has 0 radical (unpaired) electrons. The predicted molar refractivity (Wildman–Crippen MR) is 46.9 cm³/mol. The maximum Gasteiger partial charge on any atom is 0.387 e. The van der Waals surface area contributed by atoms with Gasteiger partial charge >= 0.3 is 6.61 Å². The Morgan fingerprint density at radius 1 is 1.50 bits per heavy atom. The first-order chi connectivity index (χ1) is 6.54. The number of benzene rings is 1. The highest BCUT2D eigenvalue weighted by Crippen LogP contribution is 2.28. The molecule has 1 aromatic carbocycles. The Morgan fingerprint density at radius 2 is 2.14 bits per heavy atom. The molecule has 0 aromatic heterocycles. The van der Waals surface area contributed by atoms with Crippen LogP contribution in [0.25, 0.3) is 0 Å². The van der Waals surface area contributed by atoms with Gasteiger partial charge in [-0.2, -0.15) is 14.0 Å². The Labute approximate surface area is 79.7 Å². The van der Waals surface area contributed by atoms with Crippen LogP contribution in [0.1, 0.15) is 11.1 Å². The van der Waals surface area contributed by atoms with Gasteiger partial charge in [-0.1, -0.05) is 0 Å². The minimum atomic E-state index is -2.98. The largest absolute Gasteiger partial charge is 0.431 e. The minimum Gasteiger partial charge on any atom is -0.431 e. The van der Waals surface area contributed by atoms with Crippen molar-refractivity contribution < 1.29 is 13.5 Å². The molecule has 0 aliphatic heterocycles. The molecule has 0 unspecified atom stereocenters. The van der Waals surface area contributed by atoms with Crippen LogP contribution < -0.4 is 10.5 Å². The van der Waals surface area contributed by atoms with Gasteiger partial charge in [0.05, 0.1) is 11.3 Å². The smallest absolute Gasteiger partial charge is 0.387 e. The van der Waals surface area contributed by atoms with Crippen LogP contribution in [0.3, 0.4) is 0 Å². The molecule has 0 aliphatic rings. The Balaban J connectivity index is 3.20. The first kappa shape index (κ1) is 10.3. The fourth-order valence-electron chi connectivity index (χ4n) is 1.10. The molecular weight excluding hydrogens is 190 g/mol. The average Bonchev–Trinajstić information content (AvgIpc) is 2.08. The molecule has 0 spiro atoms. The van der Waals surface area contributed by atoms with Gasteiger partial charge in [0.25, 0.3) is 0 Å². The summed E-state index contributed by atoms with van der Waals surface area (Å²) in [5.74, 6) is -0.256. The van der Waals surface area contributed by atoms with Gasteiger partial charge in [0.2, 0.25) is 0 Å². The number of ether oxygens (including phenoxy) is 1. The van der Waals surface area contributed by atoms with Crippen LogP contribution in [0.4, 0.5) is 14.5 Å². The molecular formula is C9H8F2N2O. The van der Waals surface area contributed by atoms with Crippen molar-refractivity contribution in [2.24, 2.45) is 0 Å². The van der Waals surface area contributed by atoms with Crippen LogP contribution in [0, 0.1) is 18.3 Å². The third kappa shape index (κ3) is 2.10. The van der Waals surface area contributed by atoms with Gasteiger partial charge in [0, 0.05) is 0 Å². The molecule has 0 atom stereocenters. The second-order valence-electron chi connectivity index (χ2n) is 2.72. The topological polar surface area (TPSA) is 59.0 Å². The van der Waals surface area contributed by atoms with Gasteiger partial charge in [-0.25, -0.2) is 0 Å². The maximum atomic E-state index is 11.9. The molecule has 1 rings (SSSR count). The van der Waals surface area contributed by atoms with E-state index in [1.807, 2.05) is 0 Å². The molecule has 0 fully saturated rings. The Morgan fingerprint density at radius 3 is 2.64 bits per heavy atom. The Kier molecular flexibility index (Phi) is 2.87. The van der Waals surface area contributed by atoms with Crippen LogP contribution in [0.5, 0.6) is 5.75 Å². The number of rotatable bonds is 2. The second kappa shape index (κ2) is 3.92. The van der Waals surface area contributed by atoms with Crippen LogP contribution >= 0.6 is 0 Å². The number of nitrogen functional groups attached to an aromatic ring is 1. The third-order valence-corrected chi connectivity index (χ3v) is 1.59. The number of alkyl halides is 2. The predicted octanol–water partition coefficient (Wildman–Crippen LogP) is 2.05. The first-order valence-electron chi connectivity index (χ1n) is 3.79. The summed E-state index contributed by atoms with van der Waals surface area (Å²) in [5.41, 5.74) is 6.22. The summed E-state index contributed by atoms with van der Waals surface area (Å²) in [6.45, 7) is -1.27. The summed E-state index contributed by atoms with van der Waals surface area (Å²) in [4.78, 5) is 0. The van der Waals surface area contributed by atoms with E-state index >= 15 is 0 Å². The van der Waals surface area contributed by atoms with Crippen molar-refractivity contribution in [3.05, 3.63) is 23.3 Å². The normalized spacial score (nSPS) is 9.93. The van der Waals surface area contributed by atoms with E-state index in [4.69, 9.17) is 11.0 Å². The second-order valence-corrected chi connectivity index (χ2v) is 2.72. The molecule has 5 heteroatoms. The van der Waals surface area contributed by atoms with Crippen molar-refractivity contribution in [1.29, 1.82) is 5.26 Å². The maximum absolute atomic E-state index is 11.9. The number of anilines is 1. The van der Waals surface area contributed by atoms with Crippen LogP contribution in [-0.2, 0) is 0 Å². The summed E-state index contributed by atoms with van der Waals surface area (Å²) in [6, 6.07) is 4.65. The Hall–Kier alpha value is -1.83. The molecule has 0 amide bonds. The summed E-state index contributed by atoms with van der Waals surface area (Å²) in [6.07, 6.45) is 0. The van der Waals surface area contributed by atoms with Gasteiger partial charge in [-0.05, 0) is 24.6 Å². The van der Waals surface area contributed by atoms with E-state index in [1.54, 1.807) is 13.0 Å². The lowest BCUT2D eigenvalue weighted by molar-refractivity contribution is -0.0495. The number of nitrogens with two attached hydrogens (primary N) is 1. The number of hydrogen-bond acceptors (Lipinski definition) is 3. The Bertz CT molecular complexity index is 385. The highest BCUT2D eigenvalue weighted by molar-refractivity contribution is 5.62. The van der Waals surface area contributed by atoms with Crippen molar-refractivity contribution in [3.63, 3.8) is 0 Å². The molecule has 14 heavy (non-hydrogen) atoms. The van der Waals surface area contributed by atoms with E-state index < -0.39 is 6.61 Å². The summed E-state index contributed by atoms with van der Waals surface area (Å²) >= 11 is 0. The van der Waals surface area contributed by atoms with E-state index in [-0.39, 0.29) is 17.0 Å². The van der Waals surface area contributed by atoms with Gasteiger partial charge < -0.3 is 10.5 Å². The molecule has 0 saturated heterocycles. The molecule has 0 saturated carbocycles. The number of nitriles is 1. The molecule has 2 N–H and O–H groups in total. The number of hydrogen-bond donors (Lipinski definition) is 1. The quantitative estimate of drug-likeness (QED) is 0.740. The zero-order chi connectivity index (χ0) is 10.7. The standard InChI is InChI=1S/C9H8F2N2O/c1-5-2-6(4-12)8(7(13)3-5)14-9(10)11/h2-3,9H,13H2,1H3. The average molecular weight is 198 g/mol. The lowest BCUT2D eigenvalue weighted by atomic mass is 10.1. The van der Waals surface area contributed by atoms with E-state index in [1.165, 1.54) is 12.1 Å². The first-order valence-corrected chi connectivity index (χ1v) is 3.79. The summed E-state index contributed by atoms with van der Waals surface area (Å²) in [5, 5.41) is 8.65. The SMILES string of the molecule is Cc1cc(N)c(OC(F)F)c(C#N)c1. The van der Waals surface area contributed by atoms with Gasteiger partial charge in [-0.3, -0.25) is 0 Å². The van der Waals surface area contributed by atoms with Crippen molar-refractivity contribution in [2.75, 3.05) is 5.73 Å². The van der Waals surface area contributed by atoms with Crippen molar-refractivity contribution >= 4 is 5.69 Å². The van der Waals surface area contributed by atoms with Crippen molar-refractivity contribution in [3.8, 4) is 11.8 Å². The van der Waals surface area contributed by atoms with E-state index in [2.05, 4.69) is 4.74 Å². The fourth-order valence-corrected chi connectivity index (χ4v) is 1.10. The highest BCUT2D eigenvalue weighted by Gasteiger charge is 2.13. The van der Waals surface area contributed by atoms with E-state index in [0.29, 0.717) is 0 Å². The zero-order valence-corrected chi connectivity index (χ0v) is 7.42. The summed E-state index contributed by atoms with van der Waals surface area (Å²) in [7, 11) is 0. The van der Waals surface area contributed by atoms with Gasteiger partial charge in [0.15, 0.2) is 5.75 Å². The number of halogens is 2. The lowest BCUT2D eigenvalue weighted by Gasteiger charge is -2.09. The minimum absolute atomic E-state index is 0.0165. The van der Waals surface area contributed by atoms with Crippen LogP contribution in [-0.4, -0.2) is 6.61 Å². The van der Waals surface area contributed by atoms with Crippen molar-refractivity contribution in [2.45, 2.75) is 13.5 Å². The fraction of sp³-hybridized carbons (Fsp3) is 0.222. The monoisotopic (exact) mass is 198 g/mol. The van der Waals surface area contributed by atoms with Crippen LogP contribution in [0.15, 0.2) is 12.1 Å².